The molecule has 3 heterocycles. The number of hydrogen-bond acceptors (Lipinski definition) is 5. The molecule has 2 saturated heterocycles. The summed E-state index contributed by atoms with van der Waals surface area (Å²) in [6.07, 6.45) is 6.18. The van der Waals surface area contributed by atoms with Crippen molar-refractivity contribution in [2.24, 2.45) is 11.3 Å². The third kappa shape index (κ3) is 3.77. The largest absolute Gasteiger partial charge is 0.384 e. The second-order valence-electron chi connectivity index (χ2n) is 7.61. The number of carbonyl (C=O) groups is 1. The molecule has 0 aromatic carbocycles. The van der Waals surface area contributed by atoms with Gasteiger partial charge in [-0.25, -0.2) is 12.7 Å². The summed E-state index contributed by atoms with van der Waals surface area (Å²) in [4.78, 5) is 18.7. The molecule has 1 spiro atoms. The highest BCUT2D eigenvalue weighted by molar-refractivity contribution is 7.88. The third-order valence-corrected chi connectivity index (χ3v) is 7.00. The lowest BCUT2D eigenvalue weighted by Gasteiger charge is -2.42. The molecule has 8 heteroatoms. The van der Waals surface area contributed by atoms with Crippen LogP contribution in [0.25, 0.3) is 0 Å². The van der Waals surface area contributed by atoms with Crippen LogP contribution in [0, 0.1) is 18.3 Å². The van der Waals surface area contributed by atoms with Crippen LogP contribution in [-0.2, 0) is 14.8 Å². The van der Waals surface area contributed by atoms with Gasteiger partial charge in [-0.15, -0.1) is 0 Å². The minimum Gasteiger partial charge on any atom is -0.384 e. The number of pyridine rings is 1. The topological polar surface area (TPSA) is 79.8 Å². The number of aromatic nitrogens is 1. The molecule has 7 nitrogen and oxygen atoms in total. The van der Waals surface area contributed by atoms with Crippen LogP contribution in [0.2, 0.25) is 0 Å². The lowest BCUT2D eigenvalue weighted by molar-refractivity contribution is 0.0327. The van der Waals surface area contributed by atoms with Gasteiger partial charge in [0.1, 0.15) is 0 Å². The average Bonchev–Trinajstić information content (AvgIpc) is 2.94. The van der Waals surface area contributed by atoms with Gasteiger partial charge in [0, 0.05) is 51.6 Å². The van der Waals surface area contributed by atoms with Crippen molar-refractivity contribution in [3.8, 4) is 0 Å². The molecule has 3 rings (SSSR count). The van der Waals surface area contributed by atoms with Crippen molar-refractivity contribution in [1.82, 2.24) is 14.2 Å². The minimum atomic E-state index is -3.22. The van der Waals surface area contributed by atoms with Crippen LogP contribution in [0.1, 0.15) is 28.8 Å². The number of sulfonamides is 1. The lowest BCUT2D eigenvalue weighted by atomic mass is 9.71. The van der Waals surface area contributed by atoms with Gasteiger partial charge in [-0.05, 0) is 36.8 Å². The zero-order valence-electron chi connectivity index (χ0n) is 15.6. The number of aryl methyl sites for hydroxylation is 1. The number of nitrogens with zero attached hydrogens (tertiary/aromatic N) is 3. The van der Waals surface area contributed by atoms with E-state index in [9.17, 15) is 13.2 Å². The number of amides is 1. The fraction of sp³-hybridized carbons (Fsp3) is 0.667. The van der Waals surface area contributed by atoms with Crippen molar-refractivity contribution in [3.05, 3.63) is 29.6 Å². The molecule has 1 aromatic rings. The first-order chi connectivity index (χ1) is 12.2. The number of rotatable bonds is 4. The van der Waals surface area contributed by atoms with E-state index in [0.29, 0.717) is 38.3 Å². The van der Waals surface area contributed by atoms with Crippen molar-refractivity contribution in [1.29, 1.82) is 0 Å². The molecule has 0 N–H and O–H groups in total. The van der Waals surface area contributed by atoms with Crippen LogP contribution in [0.4, 0.5) is 0 Å². The van der Waals surface area contributed by atoms with Crippen molar-refractivity contribution in [2.75, 3.05) is 46.2 Å². The molecule has 0 aliphatic carbocycles. The first-order valence-corrected chi connectivity index (χ1v) is 10.7. The minimum absolute atomic E-state index is 0.00249. The van der Waals surface area contributed by atoms with E-state index in [1.165, 1.54) is 6.26 Å². The van der Waals surface area contributed by atoms with Gasteiger partial charge in [-0.1, -0.05) is 0 Å². The van der Waals surface area contributed by atoms with E-state index in [-0.39, 0.29) is 17.2 Å². The predicted molar refractivity (Wildman–Crippen MR) is 98.3 cm³/mol. The number of hydrogen-bond donors (Lipinski definition) is 0. The summed E-state index contributed by atoms with van der Waals surface area (Å²) in [7, 11) is -1.56. The molecule has 1 aromatic heterocycles. The van der Waals surface area contributed by atoms with E-state index in [0.717, 1.165) is 18.4 Å². The fourth-order valence-electron chi connectivity index (χ4n) is 4.24. The molecule has 1 atom stereocenters. The summed E-state index contributed by atoms with van der Waals surface area (Å²) in [6.45, 7) is 4.75. The Morgan fingerprint density at radius 1 is 1.35 bits per heavy atom. The smallest absolute Gasteiger partial charge is 0.255 e. The molecule has 2 fully saturated rings. The Morgan fingerprint density at radius 2 is 2.04 bits per heavy atom. The molecule has 2 aliphatic heterocycles. The average molecular weight is 381 g/mol. The van der Waals surface area contributed by atoms with Crippen LogP contribution in [0.15, 0.2) is 18.5 Å². The molecular weight excluding hydrogens is 354 g/mol. The summed E-state index contributed by atoms with van der Waals surface area (Å²) in [5.41, 5.74) is 1.46. The van der Waals surface area contributed by atoms with E-state index in [1.807, 2.05) is 17.9 Å². The van der Waals surface area contributed by atoms with Gasteiger partial charge >= 0.3 is 0 Å². The Balaban J connectivity index is 1.72. The van der Waals surface area contributed by atoms with Crippen LogP contribution in [0.3, 0.4) is 0 Å². The number of likely N-dealkylation sites (tertiary alicyclic amines) is 1. The third-order valence-electron chi connectivity index (χ3n) is 5.79. The number of carbonyl (C=O) groups excluding carboxylic acids is 1. The van der Waals surface area contributed by atoms with Crippen LogP contribution >= 0.6 is 0 Å². The Labute approximate surface area is 155 Å². The van der Waals surface area contributed by atoms with Gasteiger partial charge in [0.25, 0.3) is 5.91 Å². The second-order valence-corrected chi connectivity index (χ2v) is 9.60. The quantitative estimate of drug-likeness (QED) is 0.782. The fourth-order valence-corrected chi connectivity index (χ4v) is 5.19. The van der Waals surface area contributed by atoms with E-state index in [2.05, 4.69) is 4.98 Å². The lowest BCUT2D eigenvalue weighted by Crippen LogP contribution is -2.47. The molecule has 26 heavy (non-hydrogen) atoms. The second kappa shape index (κ2) is 7.25. The van der Waals surface area contributed by atoms with Crippen molar-refractivity contribution in [3.63, 3.8) is 0 Å². The van der Waals surface area contributed by atoms with Crippen molar-refractivity contribution < 1.29 is 17.9 Å². The Hall–Kier alpha value is -1.51. The summed E-state index contributed by atoms with van der Waals surface area (Å²) >= 11 is 0. The van der Waals surface area contributed by atoms with Gasteiger partial charge in [0.05, 0.1) is 18.4 Å². The summed E-state index contributed by atoms with van der Waals surface area (Å²) in [5.74, 6) is 0.164. The monoisotopic (exact) mass is 381 g/mol. The number of piperidine rings is 1. The normalized spacial score (nSPS) is 23.5. The SMILES string of the molecule is COC[C@H]1CN(S(C)(=O)=O)CC12CCN(C(=O)c1cncc(C)c1)CC2. The predicted octanol–water partition coefficient (Wildman–Crippen LogP) is 1.15. The highest BCUT2D eigenvalue weighted by Gasteiger charge is 2.50. The number of ether oxygens (including phenoxy) is 1. The van der Waals surface area contributed by atoms with E-state index >= 15 is 0 Å². The van der Waals surface area contributed by atoms with Crippen LogP contribution in [-0.4, -0.2) is 74.7 Å². The maximum Gasteiger partial charge on any atom is 0.255 e. The van der Waals surface area contributed by atoms with Crippen molar-refractivity contribution >= 4 is 15.9 Å². The molecule has 0 saturated carbocycles. The van der Waals surface area contributed by atoms with Crippen LogP contribution < -0.4 is 0 Å². The summed E-state index contributed by atoms with van der Waals surface area (Å²) in [5, 5.41) is 0. The maximum atomic E-state index is 12.7. The Morgan fingerprint density at radius 3 is 2.62 bits per heavy atom. The highest BCUT2D eigenvalue weighted by Crippen LogP contribution is 2.45. The maximum absolute atomic E-state index is 12.7. The molecule has 2 aliphatic rings. The summed E-state index contributed by atoms with van der Waals surface area (Å²) in [6, 6.07) is 1.86. The molecular formula is C18H27N3O4S. The Bertz CT molecular complexity index is 772. The zero-order chi connectivity index (χ0) is 18.9. The molecule has 0 bridgehead atoms. The molecule has 0 unspecified atom stereocenters. The standard InChI is InChI=1S/C18H27N3O4S/c1-14-8-15(10-19-9-14)17(22)20-6-4-18(5-7-20)13-21(26(3,23)24)11-16(18)12-25-2/h8-10,16H,4-7,11-13H2,1-3H3/t16-/m1/s1. The molecule has 0 radical (unpaired) electrons. The van der Waals surface area contributed by atoms with Gasteiger partial charge in [-0.3, -0.25) is 9.78 Å². The first kappa shape index (κ1) is 19.3. The Kier molecular flexibility index (Phi) is 5.37. The van der Waals surface area contributed by atoms with Gasteiger partial charge < -0.3 is 9.64 Å². The van der Waals surface area contributed by atoms with Gasteiger partial charge in [0.2, 0.25) is 10.0 Å². The van der Waals surface area contributed by atoms with Crippen molar-refractivity contribution in [2.45, 2.75) is 19.8 Å². The van der Waals surface area contributed by atoms with E-state index in [4.69, 9.17) is 4.74 Å². The highest BCUT2D eigenvalue weighted by atomic mass is 32.2. The van der Waals surface area contributed by atoms with E-state index in [1.54, 1.807) is 23.8 Å². The van der Waals surface area contributed by atoms with Crippen LogP contribution in [0.5, 0.6) is 0 Å². The van der Waals surface area contributed by atoms with Gasteiger partial charge in [-0.2, -0.15) is 0 Å². The zero-order valence-corrected chi connectivity index (χ0v) is 16.5. The first-order valence-electron chi connectivity index (χ1n) is 8.90. The number of methoxy groups -OCH3 is 1. The van der Waals surface area contributed by atoms with E-state index < -0.39 is 10.0 Å². The van der Waals surface area contributed by atoms with Gasteiger partial charge in [0.15, 0.2) is 0 Å². The molecule has 144 valence electrons. The summed E-state index contributed by atoms with van der Waals surface area (Å²) < 4.78 is 31.0. The molecule has 1 amide bonds.